The Kier molecular flexibility index (Phi) is 6.55. The van der Waals surface area contributed by atoms with Crippen molar-refractivity contribution in [2.24, 2.45) is 0 Å². The zero-order valence-corrected chi connectivity index (χ0v) is 18.6. The smallest absolute Gasteiger partial charge is 0.261 e. The molecule has 1 saturated carbocycles. The van der Waals surface area contributed by atoms with E-state index in [1.54, 1.807) is 43.3 Å². The van der Waals surface area contributed by atoms with Gasteiger partial charge in [0.15, 0.2) is 0 Å². The second-order valence-corrected chi connectivity index (χ2v) is 8.53. The summed E-state index contributed by atoms with van der Waals surface area (Å²) in [6, 6.07) is 12.0. The largest absolute Gasteiger partial charge is 0.349 e. The van der Waals surface area contributed by atoms with Crippen LogP contribution in [0.25, 0.3) is 10.9 Å². The van der Waals surface area contributed by atoms with Crippen molar-refractivity contribution in [2.45, 2.75) is 51.6 Å². The van der Waals surface area contributed by atoms with E-state index in [1.165, 1.54) is 11.0 Å². The molecule has 2 N–H and O–H groups in total. The first-order valence-corrected chi connectivity index (χ1v) is 11.2. The Labute approximate surface area is 190 Å². The van der Waals surface area contributed by atoms with E-state index in [9.17, 15) is 14.4 Å². The minimum Gasteiger partial charge on any atom is -0.349 e. The van der Waals surface area contributed by atoms with E-state index in [0.717, 1.165) is 25.7 Å². The normalized spacial score (nSPS) is 14.3. The molecule has 1 heterocycles. The van der Waals surface area contributed by atoms with Gasteiger partial charge in [-0.3, -0.25) is 19.0 Å². The van der Waals surface area contributed by atoms with Gasteiger partial charge in [0, 0.05) is 11.7 Å². The predicted octanol–water partition coefficient (Wildman–Crippen LogP) is 4.06. The van der Waals surface area contributed by atoms with Crippen LogP contribution in [-0.2, 0) is 11.3 Å². The van der Waals surface area contributed by atoms with Crippen LogP contribution in [0.1, 0.15) is 48.3 Å². The van der Waals surface area contributed by atoms with Crippen LogP contribution < -0.4 is 16.2 Å². The van der Waals surface area contributed by atoms with Gasteiger partial charge in [0.05, 0.1) is 21.5 Å². The van der Waals surface area contributed by atoms with Crippen molar-refractivity contribution >= 4 is 40.0 Å². The van der Waals surface area contributed by atoms with Crippen molar-refractivity contribution in [1.29, 1.82) is 0 Å². The number of hydrogen-bond acceptors (Lipinski definition) is 4. The van der Waals surface area contributed by atoms with Gasteiger partial charge in [-0.05, 0) is 50.1 Å². The average Bonchev–Trinajstić information content (AvgIpc) is 2.78. The minimum atomic E-state index is -0.395. The van der Waals surface area contributed by atoms with Crippen molar-refractivity contribution < 1.29 is 9.59 Å². The third-order valence-corrected chi connectivity index (χ3v) is 6.12. The molecule has 1 aliphatic carbocycles. The molecule has 1 aliphatic rings. The van der Waals surface area contributed by atoms with E-state index in [2.05, 4.69) is 15.6 Å². The van der Waals surface area contributed by atoms with E-state index >= 15 is 0 Å². The molecule has 0 aliphatic heterocycles. The number of rotatable bonds is 5. The monoisotopic (exact) mass is 452 g/mol. The van der Waals surface area contributed by atoms with E-state index in [1.807, 2.05) is 6.07 Å². The van der Waals surface area contributed by atoms with Crippen LogP contribution in [0, 0.1) is 6.92 Å². The highest BCUT2D eigenvalue weighted by Gasteiger charge is 2.19. The van der Waals surface area contributed by atoms with Crippen LogP contribution in [0.2, 0.25) is 5.02 Å². The number of nitrogens with zero attached hydrogens (tertiary/aromatic N) is 2. The standard InChI is InChI=1S/C24H25ClN4O3/c1-15-26-21-10-6-5-9-18(21)24(32)29(15)14-22(30)27-17-11-12-20(25)19(13-17)23(31)28-16-7-3-2-4-8-16/h5-6,9-13,16H,2-4,7-8,14H2,1H3,(H,27,30)(H,28,31). The van der Waals surface area contributed by atoms with Gasteiger partial charge in [-0.25, -0.2) is 4.98 Å². The number of aromatic nitrogens is 2. The highest BCUT2D eigenvalue weighted by atomic mass is 35.5. The Hall–Kier alpha value is -3.19. The second-order valence-electron chi connectivity index (χ2n) is 8.12. The number of carbonyl (C=O) groups excluding carboxylic acids is 2. The third kappa shape index (κ3) is 4.83. The summed E-state index contributed by atoms with van der Waals surface area (Å²) in [4.78, 5) is 42.6. The van der Waals surface area contributed by atoms with Crippen LogP contribution in [-0.4, -0.2) is 27.4 Å². The Morgan fingerprint density at radius 2 is 1.88 bits per heavy atom. The summed E-state index contributed by atoms with van der Waals surface area (Å²) in [6.07, 6.45) is 5.35. The summed E-state index contributed by atoms with van der Waals surface area (Å²) in [6.45, 7) is 1.51. The van der Waals surface area contributed by atoms with E-state index in [0.29, 0.717) is 33.0 Å². The quantitative estimate of drug-likeness (QED) is 0.610. The fourth-order valence-electron chi connectivity index (χ4n) is 4.10. The van der Waals surface area contributed by atoms with Gasteiger partial charge in [0.2, 0.25) is 5.91 Å². The molecule has 32 heavy (non-hydrogen) atoms. The summed E-state index contributed by atoms with van der Waals surface area (Å²) < 4.78 is 1.34. The first-order chi connectivity index (χ1) is 15.4. The number of para-hydroxylation sites is 1. The first kappa shape index (κ1) is 22.0. The van der Waals surface area contributed by atoms with Gasteiger partial charge in [-0.1, -0.05) is 43.0 Å². The van der Waals surface area contributed by atoms with Crippen LogP contribution in [0.3, 0.4) is 0 Å². The molecule has 0 bridgehead atoms. The zero-order chi connectivity index (χ0) is 22.7. The van der Waals surface area contributed by atoms with Gasteiger partial charge in [-0.15, -0.1) is 0 Å². The van der Waals surface area contributed by atoms with E-state index in [-0.39, 0.29) is 24.1 Å². The van der Waals surface area contributed by atoms with Crippen molar-refractivity contribution in [2.75, 3.05) is 5.32 Å². The van der Waals surface area contributed by atoms with Crippen LogP contribution in [0.15, 0.2) is 47.3 Å². The molecule has 0 spiro atoms. The summed E-state index contributed by atoms with van der Waals surface area (Å²) in [5, 5.41) is 6.57. The number of halogens is 1. The van der Waals surface area contributed by atoms with Gasteiger partial charge < -0.3 is 10.6 Å². The summed E-state index contributed by atoms with van der Waals surface area (Å²) >= 11 is 6.24. The van der Waals surface area contributed by atoms with E-state index in [4.69, 9.17) is 11.6 Å². The number of carbonyl (C=O) groups is 2. The maximum Gasteiger partial charge on any atom is 0.261 e. The molecule has 2 amide bonds. The van der Waals surface area contributed by atoms with Crippen LogP contribution >= 0.6 is 11.6 Å². The lowest BCUT2D eigenvalue weighted by Crippen LogP contribution is -2.36. The molecule has 0 unspecified atom stereocenters. The molecule has 0 atom stereocenters. The topological polar surface area (TPSA) is 93.1 Å². The van der Waals surface area contributed by atoms with Gasteiger partial charge >= 0.3 is 0 Å². The molecule has 4 rings (SSSR count). The molecule has 3 aromatic rings. The molecular formula is C24H25ClN4O3. The minimum absolute atomic E-state index is 0.154. The molecule has 8 heteroatoms. The van der Waals surface area contributed by atoms with Crippen LogP contribution in [0.5, 0.6) is 0 Å². The van der Waals surface area contributed by atoms with Gasteiger partial charge in [0.25, 0.3) is 11.5 Å². The lowest BCUT2D eigenvalue weighted by Gasteiger charge is -2.23. The summed E-state index contributed by atoms with van der Waals surface area (Å²) in [5.74, 6) is -0.190. The number of anilines is 1. The molecule has 0 saturated heterocycles. The summed E-state index contributed by atoms with van der Waals surface area (Å²) in [5.41, 5.74) is 1.08. The maximum atomic E-state index is 12.8. The molecule has 2 aromatic carbocycles. The predicted molar refractivity (Wildman–Crippen MR) is 125 cm³/mol. The zero-order valence-electron chi connectivity index (χ0n) is 17.9. The summed E-state index contributed by atoms with van der Waals surface area (Å²) in [7, 11) is 0. The molecule has 1 fully saturated rings. The number of amides is 2. The lowest BCUT2D eigenvalue weighted by molar-refractivity contribution is -0.116. The highest BCUT2D eigenvalue weighted by Crippen LogP contribution is 2.23. The number of benzene rings is 2. The first-order valence-electron chi connectivity index (χ1n) is 10.8. The molecular weight excluding hydrogens is 428 g/mol. The Morgan fingerprint density at radius 1 is 1.12 bits per heavy atom. The molecule has 0 radical (unpaired) electrons. The molecule has 166 valence electrons. The highest BCUT2D eigenvalue weighted by molar-refractivity contribution is 6.34. The number of fused-ring (bicyclic) bond motifs is 1. The van der Waals surface area contributed by atoms with Crippen LogP contribution in [0.4, 0.5) is 5.69 Å². The molecule has 7 nitrogen and oxygen atoms in total. The van der Waals surface area contributed by atoms with Crippen molar-refractivity contribution in [3.8, 4) is 0 Å². The number of hydrogen-bond donors (Lipinski definition) is 2. The Bertz CT molecular complexity index is 1230. The SMILES string of the molecule is Cc1nc2ccccc2c(=O)n1CC(=O)Nc1ccc(Cl)c(C(=O)NC2CCCCC2)c1. The number of nitrogens with one attached hydrogen (secondary N) is 2. The third-order valence-electron chi connectivity index (χ3n) is 5.79. The average molecular weight is 453 g/mol. The van der Waals surface area contributed by atoms with Crippen molar-refractivity contribution in [3.05, 3.63) is 69.2 Å². The number of aryl methyl sites for hydroxylation is 1. The fourth-order valence-corrected chi connectivity index (χ4v) is 4.30. The van der Waals surface area contributed by atoms with E-state index < -0.39 is 5.91 Å². The van der Waals surface area contributed by atoms with Gasteiger partial charge in [-0.2, -0.15) is 0 Å². The fraction of sp³-hybridized carbons (Fsp3) is 0.333. The second kappa shape index (κ2) is 9.53. The maximum absolute atomic E-state index is 12.8. The Morgan fingerprint density at radius 3 is 2.66 bits per heavy atom. The molecule has 1 aromatic heterocycles. The Balaban J connectivity index is 1.49. The van der Waals surface area contributed by atoms with Crippen molar-refractivity contribution in [3.63, 3.8) is 0 Å². The lowest BCUT2D eigenvalue weighted by atomic mass is 9.95. The van der Waals surface area contributed by atoms with Crippen molar-refractivity contribution in [1.82, 2.24) is 14.9 Å². The van der Waals surface area contributed by atoms with Gasteiger partial charge in [0.1, 0.15) is 12.4 Å².